The summed E-state index contributed by atoms with van der Waals surface area (Å²) in [6.07, 6.45) is 0. The van der Waals surface area contributed by atoms with Crippen molar-refractivity contribution in [1.82, 2.24) is 15.2 Å². The van der Waals surface area contributed by atoms with Crippen LogP contribution >= 0.6 is 33.9 Å². The van der Waals surface area contributed by atoms with Crippen molar-refractivity contribution < 1.29 is 0 Å². The molecule has 0 saturated carbocycles. The van der Waals surface area contributed by atoms with Gasteiger partial charge in [0, 0.05) is 0 Å². The molecule has 0 saturated heterocycles. The van der Waals surface area contributed by atoms with E-state index in [2.05, 4.69) is 37.8 Å². The first kappa shape index (κ1) is 8.82. The lowest BCUT2D eigenvalue weighted by Gasteiger charge is -1.93. The molecule has 0 aromatic carbocycles. The maximum Gasteiger partial charge on any atom is 0.203 e. The first-order valence-electron chi connectivity index (χ1n) is 3.47. The van der Waals surface area contributed by atoms with E-state index >= 15 is 0 Å². The second-order valence-corrected chi connectivity index (χ2v) is 4.41. The van der Waals surface area contributed by atoms with E-state index in [9.17, 15) is 0 Å². The van der Waals surface area contributed by atoms with Crippen LogP contribution in [0.15, 0.2) is 18.2 Å². The quantitative estimate of drug-likeness (QED) is 0.644. The fourth-order valence-corrected chi connectivity index (χ4v) is 1.91. The Morgan fingerprint density at radius 2 is 2.15 bits per heavy atom. The van der Waals surface area contributed by atoms with E-state index in [0.717, 1.165) is 14.4 Å². The maximum absolute atomic E-state index is 5.47. The molecular formula is C7H5IN4S. The van der Waals surface area contributed by atoms with Crippen LogP contribution in [-0.4, -0.2) is 15.2 Å². The smallest absolute Gasteiger partial charge is 0.203 e. The summed E-state index contributed by atoms with van der Waals surface area (Å²) in [4.78, 5) is 4.30. The lowest BCUT2D eigenvalue weighted by Crippen LogP contribution is -1.84. The van der Waals surface area contributed by atoms with Gasteiger partial charge in [0.1, 0.15) is 9.39 Å². The van der Waals surface area contributed by atoms with Gasteiger partial charge in [0.05, 0.1) is 0 Å². The third-order valence-electron chi connectivity index (χ3n) is 1.37. The number of halogens is 1. The summed E-state index contributed by atoms with van der Waals surface area (Å²) in [6, 6.07) is 5.75. The van der Waals surface area contributed by atoms with Gasteiger partial charge in [-0.05, 0) is 34.7 Å². The normalized spacial score (nSPS) is 10.2. The molecule has 6 heteroatoms. The summed E-state index contributed by atoms with van der Waals surface area (Å²) in [5.41, 5.74) is 6.29. The number of pyridine rings is 1. The zero-order valence-electron chi connectivity index (χ0n) is 6.44. The summed E-state index contributed by atoms with van der Waals surface area (Å²) in [5.74, 6) is 0. The van der Waals surface area contributed by atoms with Gasteiger partial charge in [-0.2, -0.15) is 0 Å². The number of hydrogen-bond acceptors (Lipinski definition) is 5. The molecule has 0 spiro atoms. The first-order chi connectivity index (χ1) is 6.25. The highest BCUT2D eigenvalue weighted by Crippen LogP contribution is 2.22. The van der Waals surface area contributed by atoms with Gasteiger partial charge in [-0.3, -0.25) is 0 Å². The van der Waals surface area contributed by atoms with Crippen molar-refractivity contribution in [1.29, 1.82) is 0 Å². The molecular weight excluding hydrogens is 299 g/mol. The van der Waals surface area contributed by atoms with Gasteiger partial charge in [-0.15, -0.1) is 10.2 Å². The zero-order valence-corrected chi connectivity index (χ0v) is 9.41. The fourth-order valence-electron chi connectivity index (χ4n) is 0.865. The second kappa shape index (κ2) is 3.54. The van der Waals surface area contributed by atoms with Crippen LogP contribution in [-0.2, 0) is 0 Å². The molecule has 0 radical (unpaired) electrons. The molecule has 2 N–H and O–H groups in total. The molecule has 2 aromatic heterocycles. The number of aromatic nitrogens is 3. The van der Waals surface area contributed by atoms with E-state index < -0.39 is 0 Å². The standard InChI is InChI=1S/C7H5IN4S/c8-5-3-1-2-4(10-5)6-11-12-7(9)13-6/h1-3H,(H2,9,12). The summed E-state index contributed by atoms with van der Waals surface area (Å²) in [6.45, 7) is 0. The Hall–Kier alpha value is -0.760. The second-order valence-electron chi connectivity index (χ2n) is 2.29. The van der Waals surface area contributed by atoms with Crippen LogP contribution in [0, 0.1) is 3.70 Å². The topological polar surface area (TPSA) is 64.7 Å². The lowest BCUT2D eigenvalue weighted by molar-refractivity contribution is 1.09. The minimum absolute atomic E-state index is 0.468. The Labute approximate surface area is 92.4 Å². The number of nitrogens with two attached hydrogens (primary N) is 1. The Kier molecular flexibility index (Phi) is 2.40. The van der Waals surface area contributed by atoms with Crippen molar-refractivity contribution in [2.75, 3.05) is 5.73 Å². The number of hydrogen-bond donors (Lipinski definition) is 1. The Morgan fingerprint density at radius 1 is 1.31 bits per heavy atom. The molecule has 2 aromatic rings. The summed E-state index contributed by atoms with van der Waals surface area (Å²) >= 11 is 3.49. The minimum Gasteiger partial charge on any atom is -0.374 e. The van der Waals surface area contributed by atoms with Crippen molar-refractivity contribution in [3.05, 3.63) is 21.9 Å². The zero-order chi connectivity index (χ0) is 9.26. The molecule has 0 unspecified atom stereocenters. The van der Waals surface area contributed by atoms with Crippen LogP contribution in [0.25, 0.3) is 10.7 Å². The average molecular weight is 304 g/mol. The van der Waals surface area contributed by atoms with Crippen molar-refractivity contribution in [3.63, 3.8) is 0 Å². The van der Waals surface area contributed by atoms with Crippen LogP contribution in [0.3, 0.4) is 0 Å². The molecule has 2 rings (SSSR count). The maximum atomic E-state index is 5.47. The number of anilines is 1. The van der Waals surface area contributed by atoms with Crippen LogP contribution in [0.4, 0.5) is 5.13 Å². The van der Waals surface area contributed by atoms with Gasteiger partial charge < -0.3 is 5.73 Å². The van der Waals surface area contributed by atoms with E-state index in [0.29, 0.717) is 5.13 Å². The molecule has 0 amide bonds. The SMILES string of the molecule is Nc1nnc(-c2cccc(I)n2)s1. The molecule has 2 heterocycles. The Morgan fingerprint density at radius 3 is 2.77 bits per heavy atom. The number of rotatable bonds is 1. The summed E-state index contributed by atoms with van der Waals surface area (Å²) < 4.78 is 0.934. The molecule has 4 nitrogen and oxygen atoms in total. The van der Waals surface area contributed by atoms with E-state index in [1.807, 2.05) is 18.2 Å². The van der Waals surface area contributed by atoms with Gasteiger partial charge in [-0.1, -0.05) is 17.4 Å². The van der Waals surface area contributed by atoms with Gasteiger partial charge in [0.15, 0.2) is 5.01 Å². The van der Waals surface area contributed by atoms with Crippen molar-refractivity contribution in [3.8, 4) is 10.7 Å². The van der Waals surface area contributed by atoms with Crippen molar-refractivity contribution >= 4 is 39.1 Å². The molecule has 0 fully saturated rings. The van der Waals surface area contributed by atoms with E-state index in [-0.39, 0.29) is 0 Å². The number of nitrogens with zero attached hydrogens (tertiary/aromatic N) is 3. The third-order valence-corrected chi connectivity index (χ3v) is 2.75. The number of nitrogen functional groups attached to an aromatic ring is 1. The van der Waals surface area contributed by atoms with Gasteiger partial charge >= 0.3 is 0 Å². The molecule has 0 atom stereocenters. The van der Waals surface area contributed by atoms with Crippen LogP contribution in [0.1, 0.15) is 0 Å². The predicted octanol–water partition coefficient (Wildman–Crippen LogP) is 1.79. The van der Waals surface area contributed by atoms with Crippen LogP contribution in [0.5, 0.6) is 0 Å². The predicted molar refractivity (Wildman–Crippen MR) is 60.3 cm³/mol. The highest BCUT2D eigenvalue weighted by atomic mass is 127. The Bertz CT molecular complexity index is 428. The van der Waals surface area contributed by atoms with E-state index in [4.69, 9.17) is 5.73 Å². The highest BCUT2D eigenvalue weighted by molar-refractivity contribution is 14.1. The summed E-state index contributed by atoms with van der Waals surface area (Å²) in [7, 11) is 0. The molecule has 0 aliphatic rings. The lowest BCUT2D eigenvalue weighted by atomic mass is 10.4. The van der Waals surface area contributed by atoms with Crippen LogP contribution in [0.2, 0.25) is 0 Å². The van der Waals surface area contributed by atoms with E-state index in [1.165, 1.54) is 11.3 Å². The fraction of sp³-hybridized carbons (Fsp3) is 0. The molecule has 0 aliphatic carbocycles. The van der Waals surface area contributed by atoms with Gasteiger partial charge in [0.2, 0.25) is 5.13 Å². The highest BCUT2D eigenvalue weighted by Gasteiger charge is 2.05. The molecule has 0 bridgehead atoms. The van der Waals surface area contributed by atoms with E-state index in [1.54, 1.807) is 0 Å². The average Bonchev–Trinajstić information content (AvgIpc) is 2.52. The minimum atomic E-state index is 0.468. The molecule has 13 heavy (non-hydrogen) atoms. The van der Waals surface area contributed by atoms with Gasteiger partial charge in [0.25, 0.3) is 0 Å². The van der Waals surface area contributed by atoms with Gasteiger partial charge in [-0.25, -0.2) is 4.98 Å². The third kappa shape index (κ3) is 1.94. The van der Waals surface area contributed by atoms with Crippen molar-refractivity contribution in [2.24, 2.45) is 0 Å². The first-order valence-corrected chi connectivity index (χ1v) is 5.37. The Balaban J connectivity index is 2.46. The molecule has 0 aliphatic heterocycles. The van der Waals surface area contributed by atoms with Crippen molar-refractivity contribution in [2.45, 2.75) is 0 Å². The van der Waals surface area contributed by atoms with Crippen LogP contribution < -0.4 is 5.73 Å². The largest absolute Gasteiger partial charge is 0.374 e. The summed E-state index contributed by atoms with van der Waals surface area (Å²) in [5, 5.41) is 8.86. The molecule has 66 valence electrons. The monoisotopic (exact) mass is 304 g/mol.